The fourth-order valence-electron chi connectivity index (χ4n) is 3.28. The molecule has 0 spiro atoms. The molecule has 2 unspecified atom stereocenters. The van der Waals surface area contributed by atoms with Gasteiger partial charge >= 0.3 is 0 Å². The number of benzene rings is 1. The van der Waals surface area contributed by atoms with Gasteiger partial charge in [0.2, 0.25) is 11.2 Å². The average molecular weight is 384 g/mol. The number of hydrogen-bond donors (Lipinski definition) is 3. The summed E-state index contributed by atoms with van der Waals surface area (Å²) in [6.45, 7) is 6.40. The smallest absolute Gasteiger partial charge is 0.253 e. The monoisotopic (exact) mass is 384 g/mol. The van der Waals surface area contributed by atoms with Crippen molar-refractivity contribution in [1.82, 2.24) is 10.0 Å². The lowest BCUT2D eigenvalue weighted by atomic mass is 10.1. The lowest BCUT2D eigenvalue weighted by Crippen LogP contribution is -2.34. The number of phenols is 1. The minimum Gasteiger partial charge on any atom is -0.506 e. The Bertz CT molecular complexity index is 715. The van der Waals surface area contributed by atoms with Gasteiger partial charge in [-0.2, -0.15) is 0 Å². The van der Waals surface area contributed by atoms with E-state index < -0.39 is 22.9 Å². The zero-order valence-corrected chi connectivity index (χ0v) is 15.8. The number of hydrogen-bond acceptors (Lipinski definition) is 5. The van der Waals surface area contributed by atoms with E-state index in [1.54, 1.807) is 0 Å². The van der Waals surface area contributed by atoms with E-state index in [4.69, 9.17) is 0 Å². The molecule has 0 bridgehead atoms. The molecule has 1 aromatic carbocycles. The van der Waals surface area contributed by atoms with E-state index in [0.717, 1.165) is 23.7 Å². The first-order valence-corrected chi connectivity index (χ1v) is 9.96. The Labute approximate surface area is 155 Å². The molecule has 2 heterocycles. The summed E-state index contributed by atoms with van der Waals surface area (Å²) in [4.78, 5) is 13.3. The van der Waals surface area contributed by atoms with Gasteiger partial charge in [0.05, 0.1) is 5.69 Å². The summed E-state index contributed by atoms with van der Waals surface area (Å²) in [5.41, 5.74) is 0.151. The number of halogens is 1. The van der Waals surface area contributed by atoms with Crippen molar-refractivity contribution in [1.29, 1.82) is 0 Å². The van der Waals surface area contributed by atoms with E-state index in [-0.39, 0.29) is 24.0 Å². The van der Waals surface area contributed by atoms with Crippen LogP contribution in [0.15, 0.2) is 12.1 Å². The fraction of sp³-hybridized carbons (Fsp3) is 0.588. The van der Waals surface area contributed by atoms with Gasteiger partial charge < -0.3 is 15.3 Å². The molecule has 144 valence electrons. The van der Waals surface area contributed by atoms with Crippen LogP contribution in [0.5, 0.6) is 5.75 Å². The summed E-state index contributed by atoms with van der Waals surface area (Å²) in [6, 6.07) is 3.20. The summed E-state index contributed by atoms with van der Waals surface area (Å²) in [5, 5.41) is 13.6. The Morgan fingerprint density at radius 2 is 2.23 bits per heavy atom. The second-order valence-electron chi connectivity index (χ2n) is 7.15. The molecule has 1 amide bonds. The van der Waals surface area contributed by atoms with Crippen LogP contribution in [0.2, 0.25) is 0 Å². The van der Waals surface area contributed by atoms with E-state index in [9.17, 15) is 14.1 Å². The number of anilines is 2. The molecule has 3 rings (SSSR count). The van der Waals surface area contributed by atoms with Gasteiger partial charge in [-0.05, 0) is 37.4 Å². The molecule has 2 saturated heterocycles. The molecule has 2 atom stereocenters. The maximum absolute atomic E-state index is 15.1. The van der Waals surface area contributed by atoms with E-state index in [1.165, 1.54) is 12.1 Å². The van der Waals surface area contributed by atoms with Gasteiger partial charge in [0.25, 0.3) is 5.91 Å². The second-order valence-corrected chi connectivity index (χ2v) is 8.29. The van der Waals surface area contributed by atoms with Crippen molar-refractivity contribution in [3.05, 3.63) is 17.9 Å². The lowest BCUT2D eigenvalue weighted by Gasteiger charge is -2.23. The third-order valence-corrected chi connectivity index (χ3v) is 5.81. The number of nitrogens with one attached hydrogen (secondary N) is 2. The summed E-state index contributed by atoms with van der Waals surface area (Å²) in [6.07, 6.45) is 2.00. The van der Waals surface area contributed by atoms with Crippen LogP contribution in [0.3, 0.4) is 0 Å². The van der Waals surface area contributed by atoms with Gasteiger partial charge in [0.1, 0.15) is 18.0 Å². The summed E-state index contributed by atoms with van der Waals surface area (Å²) in [5.74, 6) is -0.822. The van der Waals surface area contributed by atoms with Crippen LogP contribution in [-0.4, -0.2) is 47.4 Å². The molecule has 2 aliphatic heterocycles. The van der Waals surface area contributed by atoms with E-state index in [0.29, 0.717) is 24.7 Å². The second kappa shape index (κ2) is 7.79. The predicted molar refractivity (Wildman–Crippen MR) is 99.8 cm³/mol. The standard InChI is InChI=1S/C17H25FN4O3S/c1-11(2)5-7-19-12-6-8-21(9-12)13-3-4-14(23)17(16(13)18)22-10-15(24)20-26(22)25/h3-4,11-12,19,23H,5-10H2,1-2H3,(H,20,24). The number of carbonyl (C=O) groups is 1. The Morgan fingerprint density at radius 3 is 2.88 bits per heavy atom. The SMILES string of the molecule is CC(C)CCNC1CCN(c2ccc(O)c(N3CC(=O)NS3=O)c2F)C1. The number of carbonyl (C=O) groups excluding carboxylic acids is 1. The molecule has 2 aliphatic rings. The Kier molecular flexibility index (Phi) is 5.67. The molecule has 0 aromatic heterocycles. The summed E-state index contributed by atoms with van der Waals surface area (Å²) in [7, 11) is 0. The minimum absolute atomic E-state index is 0.199. The van der Waals surface area contributed by atoms with Gasteiger partial charge in [-0.3, -0.25) is 13.8 Å². The average Bonchev–Trinajstić information content (AvgIpc) is 3.14. The first-order chi connectivity index (χ1) is 12.4. The normalized spacial score (nSPS) is 23.2. The van der Waals surface area contributed by atoms with Crippen LogP contribution in [-0.2, 0) is 16.0 Å². The Hall–Kier alpha value is -1.87. The molecular weight excluding hydrogens is 359 g/mol. The highest BCUT2D eigenvalue weighted by molar-refractivity contribution is 7.85. The number of amides is 1. The molecule has 0 saturated carbocycles. The van der Waals surface area contributed by atoms with Crippen molar-refractivity contribution in [3.63, 3.8) is 0 Å². The maximum atomic E-state index is 15.1. The largest absolute Gasteiger partial charge is 0.506 e. The van der Waals surface area contributed by atoms with Gasteiger partial charge in [0, 0.05) is 19.1 Å². The van der Waals surface area contributed by atoms with Crippen molar-refractivity contribution >= 4 is 28.5 Å². The van der Waals surface area contributed by atoms with Crippen molar-refractivity contribution in [2.75, 3.05) is 35.4 Å². The third-order valence-electron chi connectivity index (χ3n) is 4.70. The summed E-state index contributed by atoms with van der Waals surface area (Å²) >= 11 is -1.88. The molecule has 9 heteroatoms. The lowest BCUT2D eigenvalue weighted by molar-refractivity contribution is -0.117. The van der Waals surface area contributed by atoms with E-state index >= 15 is 4.39 Å². The van der Waals surface area contributed by atoms with Crippen LogP contribution in [0.1, 0.15) is 26.7 Å². The van der Waals surface area contributed by atoms with E-state index in [1.807, 2.05) is 4.90 Å². The Morgan fingerprint density at radius 1 is 1.46 bits per heavy atom. The Balaban J connectivity index is 1.74. The predicted octanol–water partition coefficient (Wildman–Crippen LogP) is 1.26. The van der Waals surface area contributed by atoms with Crippen LogP contribution < -0.4 is 19.2 Å². The van der Waals surface area contributed by atoms with Crippen molar-refractivity contribution in [2.45, 2.75) is 32.7 Å². The number of phenolic OH excluding ortho intramolecular Hbond substituents is 1. The van der Waals surface area contributed by atoms with E-state index in [2.05, 4.69) is 23.9 Å². The molecule has 26 heavy (non-hydrogen) atoms. The van der Waals surface area contributed by atoms with Crippen molar-refractivity contribution in [3.8, 4) is 5.75 Å². The van der Waals surface area contributed by atoms with Crippen molar-refractivity contribution in [2.24, 2.45) is 5.92 Å². The quantitative estimate of drug-likeness (QED) is 0.688. The van der Waals surface area contributed by atoms with Gasteiger partial charge in [-0.25, -0.2) is 8.60 Å². The van der Waals surface area contributed by atoms with Crippen molar-refractivity contribution < 1.29 is 18.5 Å². The van der Waals surface area contributed by atoms with Gasteiger partial charge in [0.15, 0.2) is 5.82 Å². The van der Waals surface area contributed by atoms with Crippen LogP contribution in [0.25, 0.3) is 0 Å². The van der Waals surface area contributed by atoms with Crippen LogP contribution in [0, 0.1) is 11.7 Å². The first-order valence-electron chi connectivity index (χ1n) is 8.85. The first kappa shape index (κ1) is 18.9. The third kappa shape index (κ3) is 3.93. The fourth-order valence-corrected chi connectivity index (χ4v) is 4.23. The number of nitrogens with zero attached hydrogens (tertiary/aromatic N) is 2. The molecule has 7 nitrogen and oxygen atoms in total. The van der Waals surface area contributed by atoms with Gasteiger partial charge in [-0.1, -0.05) is 13.8 Å². The molecule has 2 fully saturated rings. The molecule has 0 aliphatic carbocycles. The summed E-state index contributed by atoms with van der Waals surface area (Å²) < 4.78 is 30.3. The maximum Gasteiger partial charge on any atom is 0.253 e. The topological polar surface area (TPSA) is 84.9 Å². The molecule has 0 radical (unpaired) electrons. The van der Waals surface area contributed by atoms with Crippen LogP contribution >= 0.6 is 0 Å². The van der Waals surface area contributed by atoms with Crippen LogP contribution in [0.4, 0.5) is 15.8 Å². The molecule has 3 N–H and O–H groups in total. The zero-order valence-electron chi connectivity index (χ0n) is 15.0. The highest BCUT2D eigenvalue weighted by atomic mass is 32.2. The number of rotatable bonds is 6. The van der Waals surface area contributed by atoms with Gasteiger partial charge in [-0.15, -0.1) is 0 Å². The minimum atomic E-state index is -1.88. The number of aromatic hydroxyl groups is 1. The highest BCUT2D eigenvalue weighted by Gasteiger charge is 2.34. The molecular formula is C17H25FN4O3S. The zero-order chi connectivity index (χ0) is 18.8. The molecule has 1 aromatic rings. The highest BCUT2D eigenvalue weighted by Crippen LogP contribution is 2.38.